The Labute approximate surface area is 179 Å². The van der Waals surface area contributed by atoms with Gasteiger partial charge in [0.2, 0.25) is 0 Å². The van der Waals surface area contributed by atoms with Gasteiger partial charge in [-0.2, -0.15) is 13.2 Å². The van der Waals surface area contributed by atoms with Gasteiger partial charge in [0.05, 0.1) is 11.7 Å². The van der Waals surface area contributed by atoms with Crippen LogP contribution in [0.2, 0.25) is 23.2 Å². The first-order valence-electron chi connectivity index (χ1n) is 11.2. The van der Waals surface area contributed by atoms with Crippen LogP contribution in [-0.2, 0) is 10.6 Å². The summed E-state index contributed by atoms with van der Waals surface area (Å²) in [6, 6.07) is 6.83. The third-order valence-electron chi connectivity index (χ3n) is 7.48. The van der Waals surface area contributed by atoms with Crippen molar-refractivity contribution in [3.8, 4) is 0 Å². The molecule has 1 spiro atoms. The predicted octanol–water partition coefficient (Wildman–Crippen LogP) is 8.78. The summed E-state index contributed by atoms with van der Waals surface area (Å²) in [6.07, 6.45) is 2.99. The first-order chi connectivity index (χ1) is 13.7. The Morgan fingerprint density at radius 3 is 2.28 bits per heavy atom. The number of rotatable bonds is 10. The van der Waals surface area contributed by atoms with Gasteiger partial charge in [0.15, 0.2) is 8.32 Å². The lowest BCUT2D eigenvalue weighted by Crippen LogP contribution is -2.38. The van der Waals surface area contributed by atoms with E-state index in [1.807, 2.05) is 0 Å². The molecule has 164 valence electrons. The van der Waals surface area contributed by atoms with E-state index < -0.39 is 26.2 Å². The Kier molecular flexibility index (Phi) is 7.12. The minimum atomic E-state index is -4.43. The van der Waals surface area contributed by atoms with E-state index >= 15 is 0 Å². The smallest absolute Gasteiger partial charge is 0.410 e. The van der Waals surface area contributed by atoms with Gasteiger partial charge in [-0.15, -0.1) is 0 Å². The molecule has 2 aliphatic carbocycles. The molecule has 29 heavy (non-hydrogen) atoms. The van der Waals surface area contributed by atoms with Gasteiger partial charge in [0, 0.05) is 10.6 Å². The molecule has 0 N–H and O–H groups in total. The quantitative estimate of drug-likeness (QED) is 0.326. The molecule has 0 aromatic heterocycles. The van der Waals surface area contributed by atoms with Crippen molar-refractivity contribution in [2.75, 3.05) is 0 Å². The number of benzene rings is 1. The van der Waals surface area contributed by atoms with Gasteiger partial charge in [0.25, 0.3) is 0 Å². The molecule has 0 amide bonds. The Bertz CT molecular complexity index is 682. The fourth-order valence-electron chi connectivity index (χ4n) is 5.22. The molecular formula is C23H34ClF3OSi. The van der Waals surface area contributed by atoms with Crippen molar-refractivity contribution in [2.24, 2.45) is 11.3 Å². The Morgan fingerprint density at radius 2 is 1.76 bits per heavy atom. The molecule has 0 saturated heterocycles. The lowest BCUT2D eigenvalue weighted by Gasteiger charge is -2.37. The van der Waals surface area contributed by atoms with Crippen molar-refractivity contribution in [1.29, 1.82) is 0 Å². The minimum absolute atomic E-state index is 0.154. The maximum Gasteiger partial charge on any atom is 0.416 e. The zero-order valence-electron chi connectivity index (χ0n) is 17.9. The average Bonchev–Trinajstić information content (AvgIpc) is 3.45. The maximum atomic E-state index is 13.8. The van der Waals surface area contributed by atoms with Crippen LogP contribution in [0.25, 0.3) is 0 Å². The van der Waals surface area contributed by atoms with Crippen LogP contribution < -0.4 is 0 Å². The third-order valence-corrected chi connectivity index (χ3v) is 12.5. The van der Waals surface area contributed by atoms with E-state index in [2.05, 4.69) is 20.8 Å². The highest BCUT2D eigenvalue weighted by Crippen LogP contribution is 2.64. The Morgan fingerprint density at radius 1 is 1.14 bits per heavy atom. The van der Waals surface area contributed by atoms with Crippen LogP contribution in [-0.4, -0.2) is 8.32 Å². The molecule has 2 saturated carbocycles. The van der Waals surface area contributed by atoms with Gasteiger partial charge >= 0.3 is 6.18 Å². The highest BCUT2D eigenvalue weighted by atomic mass is 35.5. The molecule has 2 fully saturated rings. The second kappa shape index (κ2) is 8.92. The number of hydrogen-bond acceptors (Lipinski definition) is 1. The highest BCUT2D eigenvalue weighted by Gasteiger charge is 2.52. The van der Waals surface area contributed by atoms with Crippen molar-refractivity contribution in [3.63, 3.8) is 0 Å². The molecule has 1 unspecified atom stereocenters. The SMILES string of the molecule is CC[Si](CC)(CC)OC(CCCC1CC2(CC2)C1)c1c(Cl)cccc1C(F)(F)F. The summed E-state index contributed by atoms with van der Waals surface area (Å²) in [5, 5.41) is 0.177. The lowest BCUT2D eigenvalue weighted by molar-refractivity contribution is -0.139. The molecular weight excluding hydrogens is 413 g/mol. The number of alkyl halides is 3. The number of hydrogen-bond donors (Lipinski definition) is 0. The number of halogens is 4. The van der Waals surface area contributed by atoms with Crippen LogP contribution >= 0.6 is 11.6 Å². The summed E-state index contributed by atoms with van der Waals surface area (Å²) >= 11 is 6.35. The third kappa shape index (κ3) is 5.22. The van der Waals surface area contributed by atoms with Crippen molar-refractivity contribution in [1.82, 2.24) is 0 Å². The van der Waals surface area contributed by atoms with Crippen LogP contribution in [0.1, 0.15) is 82.9 Å². The normalized spacial score (nSPS) is 20.0. The summed E-state index contributed by atoms with van der Waals surface area (Å²) in [7, 11) is -2.08. The van der Waals surface area contributed by atoms with Gasteiger partial charge < -0.3 is 4.43 Å². The molecule has 0 heterocycles. The van der Waals surface area contributed by atoms with E-state index in [9.17, 15) is 13.2 Å². The summed E-state index contributed by atoms with van der Waals surface area (Å²) in [4.78, 5) is 0. The summed E-state index contributed by atoms with van der Waals surface area (Å²) < 4.78 is 47.9. The zero-order chi connectivity index (χ0) is 21.3. The summed E-state index contributed by atoms with van der Waals surface area (Å²) in [5.74, 6) is 0.747. The van der Waals surface area contributed by atoms with E-state index in [1.54, 1.807) is 6.07 Å². The lowest BCUT2D eigenvalue weighted by atomic mass is 9.70. The molecule has 1 atom stereocenters. The second-order valence-electron chi connectivity index (χ2n) is 9.25. The zero-order valence-corrected chi connectivity index (χ0v) is 19.6. The van der Waals surface area contributed by atoms with E-state index in [4.69, 9.17) is 16.0 Å². The van der Waals surface area contributed by atoms with Gasteiger partial charge in [-0.05, 0) is 73.7 Å². The second-order valence-corrected chi connectivity index (χ2v) is 14.4. The average molecular weight is 447 g/mol. The molecule has 6 heteroatoms. The Balaban J connectivity index is 1.80. The van der Waals surface area contributed by atoms with E-state index in [0.29, 0.717) is 11.8 Å². The Hall–Kier alpha value is -0.523. The predicted molar refractivity (Wildman–Crippen MR) is 116 cm³/mol. The van der Waals surface area contributed by atoms with Crippen molar-refractivity contribution in [2.45, 2.75) is 96.1 Å². The molecule has 0 aliphatic heterocycles. The molecule has 0 radical (unpaired) electrons. The van der Waals surface area contributed by atoms with E-state index in [1.165, 1.54) is 31.7 Å². The molecule has 1 aromatic rings. The molecule has 3 rings (SSSR count). The largest absolute Gasteiger partial charge is 0.416 e. The standard InChI is InChI=1S/C23H34ClF3OSi/c1-4-29(5-2,6-3)28-20(12-7-9-17-15-22(16-17)13-14-22)21-18(23(25,26)27)10-8-11-19(21)24/h8,10-11,17,20H,4-7,9,12-16H2,1-3H3. The van der Waals surface area contributed by atoms with Crippen LogP contribution in [0.3, 0.4) is 0 Å². The van der Waals surface area contributed by atoms with E-state index in [0.717, 1.165) is 43.0 Å². The topological polar surface area (TPSA) is 9.23 Å². The van der Waals surface area contributed by atoms with E-state index in [-0.39, 0.29) is 10.6 Å². The van der Waals surface area contributed by atoms with Crippen molar-refractivity contribution < 1.29 is 17.6 Å². The fourth-order valence-corrected chi connectivity index (χ4v) is 8.36. The van der Waals surface area contributed by atoms with Crippen molar-refractivity contribution >= 4 is 19.9 Å². The van der Waals surface area contributed by atoms with Crippen molar-refractivity contribution in [3.05, 3.63) is 34.3 Å². The fraction of sp³-hybridized carbons (Fsp3) is 0.739. The molecule has 0 bridgehead atoms. The summed E-state index contributed by atoms with van der Waals surface area (Å²) in [5.41, 5.74) is 0.185. The minimum Gasteiger partial charge on any atom is -0.410 e. The van der Waals surface area contributed by atoms with Crippen LogP contribution in [0.4, 0.5) is 13.2 Å². The van der Waals surface area contributed by atoms with Crippen LogP contribution in [0.15, 0.2) is 18.2 Å². The molecule has 1 aromatic carbocycles. The molecule has 1 nitrogen and oxygen atoms in total. The maximum absolute atomic E-state index is 13.8. The monoisotopic (exact) mass is 446 g/mol. The van der Waals surface area contributed by atoms with Gasteiger partial charge in [-0.3, -0.25) is 0 Å². The highest BCUT2D eigenvalue weighted by molar-refractivity contribution is 6.73. The van der Waals surface area contributed by atoms with Gasteiger partial charge in [0.1, 0.15) is 0 Å². The van der Waals surface area contributed by atoms with Gasteiger partial charge in [-0.25, -0.2) is 0 Å². The van der Waals surface area contributed by atoms with Crippen LogP contribution in [0, 0.1) is 11.3 Å². The van der Waals surface area contributed by atoms with Gasteiger partial charge in [-0.1, -0.05) is 51.3 Å². The first-order valence-corrected chi connectivity index (χ1v) is 14.1. The van der Waals surface area contributed by atoms with Crippen LogP contribution in [0.5, 0.6) is 0 Å². The first kappa shape index (κ1) is 23.1. The summed E-state index contributed by atoms with van der Waals surface area (Å²) in [6.45, 7) is 6.32. The molecule has 2 aliphatic rings.